The fourth-order valence-electron chi connectivity index (χ4n) is 0.601. The molecule has 0 aliphatic carbocycles. The van der Waals surface area contributed by atoms with E-state index in [1.54, 1.807) is 0 Å². The van der Waals surface area contributed by atoms with E-state index < -0.39 is 25.2 Å². The molecule has 0 bridgehead atoms. The number of allylic oxidation sites excluding steroid dienone is 1. The molecule has 0 spiro atoms. The Hall–Kier alpha value is -0.540. The van der Waals surface area contributed by atoms with Crippen LogP contribution in [-0.2, 0) is 0 Å². The van der Waals surface area contributed by atoms with E-state index in [1.165, 1.54) is 0 Å². The van der Waals surface area contributed by atoms with Crippen molar-refractivity contribution in [2.24, 2.45) is 0 Å². The quantitative estimate of drug-likeness (QED) is 0.439. The second kappa shape index (κ2) is 5.16. The average Bonchev–Trinajstić information content (AvgIpc) is 2.02. The smallest absolute Gasteiger partial charge is 0.165 e. The monoisotopic (exact) mass is 170 g/mol. The summed E-state index contributed by atoms with van der Waals surface area (Å²) in [6.07, 6.45) is -5.88. The van der Waals surface area contributed by atoms with Crippen LogP contribution in [0.1, 0.15) is 6.42 Å². The summed E-state index contributed by atoms with van der Waals surface area (Å²) in [6, 6.07) is 0. The van der Waals surface area contributed by atoms with Gasteiger partial charge in [0.2, 0.25) is 0 Å². The Balaban J connectivity index is 3.79. The minimum Gasteiger partial charge on any atom is -0.248 e. The molecule has 0 saturated carbocycles. The molecule has 0 aromatic carbocycles. The molecule has 66 valence electrons. The molecule has 0 amide bonds. The van der Waals surface area contributed by atoms with Gasteiger partial charge in [-0.1, -0.05) is 6.08 Å². The Morgan fingerprint density at radius 2 is 1.73 bits per heavy atom. The lowest BCUT2D eigenvalue weighted by molar-refractivity contribution is 0.0686. The zero-order valence-corrected chi connectivity index (χ0v) is 5.94. The second-order valence-corrected chi connectivity index (χ2v) is 2.16. The summed E-state index contributed by atoms with van der Waals surface area (Å²) in [7, 11) is 0. The minimum absolute atomic E-state index is 0.290. The molecule has 0 aromatic heterocycles. The first-order valence-corrected chi connectivity index (χ1v) is 3.22. The predicted octanol–water partition coefficient (Wildman–Crippen LogP) is 2.55. The lowest BCUT2D eigenvalue weighted by Crippen LogP contribution is -2.29. The molecule has 0 aromatic rings. The fourth-order valence-corrected chi connectivity index (χ4v) is 0.601. The van der Waals surface area contributed by atoms with Crippen molar-refractivity contribution in [3.05, 3.63) is 12.7 Å². The van der Waals surface area contributed by atoms with Crippen LogP contribution in [0.15, 0.2) is 12.7 Å². The number of rotatable bonds is 5. The molecular formula is C7H10F4. The molecule has 0 N–H and O–H groups in total. The van der Waals surface area contributed by atoms with Gasteiger partial charge in [-0.15, -0.1) is 6.58 Å². The summed E-state index contributed by atoms with van der Waals surface area (Å²) in [4.78, 5) is 0. The van der Waals surface area contributed by atoms with Gasteiger partial charge in [0.25, 0.3) is 0 Å². The van der Waals surface area contributed by atoms with Crippen molar-refractivity contribution in [3.63, 3.8) is 0 Å². The van der Waals surface area contributed by atoms with Gasteiger partial charge in [-0.3, -0.25) is 0 Å². The van der Waals surface area contributed by atoms with Gasteiger partial charge in [-0.05, 0) is 6.42 Å². The molecular weight excluding hydrogens is 160 g/mol. The van der Waals surface area contributed by atoms with Crippen LogP contribution in [0, 0.1) is 0 Å². The highest BCUT2D eigenvalue weighted by molar-refractivity contribution is 4.82. The maximum Gasteiger partial charge on any atom is 0.165 e. The van der Waals surface area contributed by atoms with Gasteiger partial charge >= 0.3 is 0 Å². The van der Waals surface area contributed by atoms with E-state index in [0.717, 1.165) is 6.08 Å². The van der Waals surface area contributed by atoms with Gasteiger partial charge in [0, 0.05) is 0 Å². The molecule has 0 rings (SSSR count). The lowest BCUT2D eigenvalue weighted by atomic mass is 10.1. The average molecular weight is 170 g/mol. The highest BCUT2D eigenvalue weighted by Crippen LogP contribution is 2.15. The molecule has 0 fully saturated rings. The number of halogens is 4. The van der Waals surface area contributed by atoms with E-state index in [-0.39, 0.29) is 6.42 Å². The summed E-state index contributed by atoms with van der Waals surface area (Å²) in [5.41, 5.74) is 0. The van der Waals surface area contributed by atoms with Crippen LogP contribution in [0.5, 0.6) is 0 Å². The second-order valence-electron chi connectivity index (χ2n) is 2.16. The third-order valence-electron chi connectivity index (χ3n) is 1.23. The van der Waals surface area contributed by atoms with Crippen molar-refractivity contribution in [2.75, 3.05) is 6.67 Å². The summed E-state index contributed by atoms with van der Waals surface area (Å²) in [5, 5.41) is 0. The van der Waals surface area contributed by atoms with Crippen LogP contribution in [0.4, 0.5) is 17.6 Å². The highest BCUT2D eigenvalue weighted by Gasteiger charge is 2.28. The molecule has 0 nitrogen and oxygen atoms in total. The molecule has 3 unspecified atom stereocenters. The summed E-state index contributed by atoms with van der Waals surface area (Å²) < 4.78 is 48.2. The first-order chi connectivity index (χ1) is 5.13. The SMILES string of the molecule is C=CCC(F)C(F)C(F)CF. The maximum atomic E-state index is 12.4. The third-order valence-corrected chi connectivity index (χ3v) is 1.23. The van der Waals surface area contributed by atoms with Crippen LogP contribution in [0.25, 0.3) is 0 Å². The zero-order valence-electron chi connectivity index (χ0n) is 5.94. The Labute approximate surface area is 62.9 Å². The van der Waals surface area contributed by atoms with Gasteiger partial charge < -0.3 is 0 Å². The molecule has 0 heterocycles. The maximum absolute atomic E-state index is 12.4. The van der Waals surface area contributed by atoms with Crippen molar-refractivity contribution in [1.82, 2.24) is 0 Å². The summed E-state index contributed by atoms with van der Waals surface area (Å²) >= 11 is 0. The van der Waals surface area contributed by atoms with Gasteiger partial charge in [0.05, 0.1) is 0 Å². The Kier molecular flexibility index (Phi) is 4.90. The number of hydrogen-bond acceptors (Lipinski definition) is 0. The zero-order chi connectivity index (χ0) is 8.85. The Morgan fingerprint density at radius 1 is 1.18 bits per heavy atom. The normalized spacial score (nSPS) is 18.9. The van der Waals surface area contributed by atoms with E-state index in [0.29, 0.717) is 0 Å². The van der Waals surface area contributed by atoms with Gasteiger partial charge in [-0.2, -0.15) is 0 Å². The minimum atomic E-state index is -2.38. The van der Waals surface area contributed by atoms with Crippen LogP contribution in [0.2, 0.25) is 0 Å². The number of hydrogen-bond donors (Lipinski definition) is 0. The molecule has 3 atom stereocenters. The van der Waals surface area contributed by atoms with Crippen molar-refractivity contribution in [3.8, 4) is 0 Å². The molecule has 4 heteroatoms. The van der Waals surface area contributed by atoms with E-state index in [9.17, 15) is 17.6 Å². The molecule has 0 aliphatic rings. The summed E-state index contributed by atoms with van der Waals surface area (Å²) in [6.45, 7) is 1.66. The fraction of sp³-hybridized carbons (Fsp3) is 0.714. The van der Waals surface area contributed by atoms with Crippen molar-refractivity contribution < 1.29 is 17.6 Å². The molecule has 0 saturated heterocycles. The van der Waals surface area contributed by atoms with Crippen LogP contribution in [0.3, 0.4) is 0 Å². The first kappa shape index (κ1) is 10.5. The van der Waals surface area contributed by atoms with Gasteiger partial charge in [0.1, 0.15) is 12.8 Å². The van der Waals surface area contributed by atoms with E-state index in [4.69, 9.17) is 0 Å². The van der Waals surface area contributed by atoms with Crippen LogP contribution >= 0.6 is 0 Å². The Morgan fingerprint density at radius 3 is 2.09 bits per heavy atom. The predicted molar refractivity (Wildman–Crippen MR) is 35.5 cm³/mol. The van der Waals surface area contributed by atoms with E-state index in [1.807, 2.05) is 0 Å². The first-order valence-electron chi connectivity index (χ1n) is 3.22. The molecule has 0 radical (unpaired) electrons. The largest absolute Gasteiger partial charge is 0.248 e. The van der Waals surface area contributed by atoms with Crippen LogP contribution in [-0.4, -0.2) is 25.2 Å². The van der Waals surface area contributed by atoms with Crippen molar-refractivity contribution in [1.29, 1.82) is 0 Å². The highest BCUT2D eigenvalue weighted by atomic mass is 19.2. The topological polar surface area (TPSA) is 0 Å². The molecule has 11 heavy (non-hydrogen) atoms. The van der Waals surface area contributed by atoms with Crippen molar-refractivity contribution >= 4 is 0 Å². The third kappa shape index (κ3) is 3.39. The van der Waals surface area contributed by atoms with E-state index >= 15 is 0 Å². The van der Waals surface area contributed by atoms with Crippen molar-refractivity contribution in [2.45, 2.75) is 24.9 Å². The van der Waals surface area contributed by atoms with Gasteiger partial charge in [-0.25, -0.2) is 17.6 Å². The summed E-state index contributed by atoms with van der Waals surface area (Å²) in [5.74, 6) is 0. The standard InChI is InChI=1S/C7H10F4/c1-2-3-5(9)7(11)6(10)4-8/h2,5-7H,1,3-4H2. The van der Waals surface area contributed by atoms with E-state index in [2.05, 4.69) is 6.58 Å². The molecule has 0 aliphatic heterocycles. The lowest BCUT2D eigenvalue weighted by Gasteiger charge is -2.13. The van der Waals surface area contributed by atoms with Crippen LogP contribution < -0.4 is 0 Å². The Bertz CT molecular complexity index is 115. The van der Waals surface area contributed by atoms with Gasteiger partial charge in [0.15, 0.2) is 12.3 Å². The number of alkyl halides is 4.